The van der Waals surface area contributed by atoms with E-state index in [9.17, 15) is 10.1 Å². The SMILES string of the molecule is CN=C(NCCn1cc([N+](=O)[O-])cn1)N(C)Cc1cc(Cl)cn1C.I. The normalized spacial score (nSPS) is 11.1. The molecular weight excluding hydrogens is 461 g/mol. The molecule has 0 aliphatic rings. The minimum atomic E-state index is -0.464. The number of halogens is 2. The maximum Gasteiger partial charge on any atom is 0.306 e. The summed E-state index contributed by atoms with van der Waals surface area (Å²) < 4.78 is 3.49. The number of nitrogens with one attached hydrogen (secondary N) is 1. The van der Waals surface area contributed by atoms with Gasteiger partial charge in [-0.15, -0.1) is 24.0 Å². The van der Waals surface area contributed by atoms with E-state index >= 15 is 0 Å². The highest BCUT2D eigenvalue weighted by Gasteiger charge is 2.11. The topological polar surface area (TPSA) is 93.5 Å². The molecule has 0 bridgehead atoms. The van der Waals surface area contributed by atoms with Gasteiger partial charge in [0.15, 0.2) is 5.96 Å². The van der Waals surface area contributed by atoms with E-state index in [0.717, 1.165) is 5.69 Å². The predicted octanol–water partition coefficient (Wildman–Crippen LogP) is 2.11. The molecule has 0 aliphatic heterocycles. The molecule has 0 saturated heterocycles. The monoisotopic (exact) mass is 481 g/mol. The largest absolute Gasteiger partial charge is 0.354 e. The molecule has 0 saturated carbocycles. The maximum absolute atomic E-state index is 10.6. The first-order valence-electron chi connectivity index (χ1n) is 7.30. The zero-order valence-corrected chi connectivity index (χ0v) is 17.3. The van der Waals surface area contributed by atoms with Crippen LogP contribution in [0, 0.1) is 10.1 Å². The number of nitro groups is 1. The number of rotatable bonds is 6. The Labute approximate surface area is 167 Å². The van der Waals surface area contributed by atoms with Crippen LogP contribution in [0.5, 0.6) is 0 Å². The molecule has 25 heavy (non-hydrogen) atoms. The Bertz CT molecular complexity index is 743. The number of hydrogen-bond acceptors (Lipinski definition) is 4. The second-order valence-corrected chi connectivity index (χ2v) is 5.75. The highest BCUT2D eigenvalue weighted by atomic mass is 127. The van der Waals surface area contributed by atoms with Crippen molar-refractivity contribution in [3.63, 3.8) is 0 Å². The molecule has 0 spiro atoms. The van der Waals surface area contributed by atoms with Gasteiger partial charge in [0.05, 0.1) is 23.0 Å². The lowest BCUT2D eigenvalue weighted by atomic mass is 10.4. The van der Waals surface area contributed by atoms with Crippen molar-refractivity contribution in [3.05, 3.63) is 45.5 Å². The summed E-state index contributed by atoms with van der Waals surface area (Å²) in [6.07, 6.45) is 4.49. The Morgan fingerprint density at radius 1 is 1.52 bits per heavy atom. The van der Waals surface area contributed by atoms with Gasteiger partial charge in [-0.3, -0.25) is 19.8 Å². The van der Waals surface area contributed by atoms with Crippen molar-refractivity contribution in [1.82, 2.24) is 24.6 Å². The summed E-state index contributed by atoms with van der Waals surface area (Å²) in [4.78, 5) is 16.4. The van der Waals surface area contributed by atoms with Crippen LogP contribution in [-0.2, 0) is 20.1 Å². The summed E-state index contributed by atoms with van der Waals surface area (Å²) >= 11 is 6.00. The summed E-state index contributed by atoms with van der Waals surface area (Å²) in [5.74, 6) is 0.717. The molecule has 1 N–H and O–H groups in total. The van der Waals surface area contributed by atoms with Gasteiger partial charge in [0, 0.05) is 39.6 Å². The van der Waals surface area contributed by atoms with Gasteiger partial charge in [-0.25, -0.2) is 0 Å². The molecule has 11 heteroatoms. The first-order valence-corrected chi connectivity index (χ1v) is 7.68. The van der Waals surface area contributed by atoms with Crippen LogP contribution >= 0.6 is 35.6 Å². The van der Waals surface area contributed by atoms with Crippen LogP contribution in [0.2, 0.25) is 5.02 Å². The fraction of sp³-hybridized carbons (Fsp3) is 0.429. The summed E-state index contributed by atoms with van der Waals surface area (Å²) in [6, 6.07) is 1.91. The maximum atomic E-state index is 10.6. The van der Waals surface area contributed by atoms with Crippen LogP contribution in [0.4, 0.5) is 5.69 Å². The molecular formula is C14H21ClIN7O2. The van der Waals surface area contributed by atoms with Crippen molar-refractivity contribution < 1.29 is 4.92 Å². The molecule has 0 fully saturated rings. The Morgan fingerprint density at radius 3 is 2.76 bits per heavy atom. The minimum absolute atomic E-state index is 0. The fourth-order valence-corrected chi connectivity index (χ4v) is 2.55. The van der Waals surface area contributed by atoms with Gasteiger partial charge < -0.3 is 14.8 Å². The molecule has 0 aromatic carbocycles. The average Bonchev–Trinajstić information content (AvgIpc) is 3.10. The van der Waals surface area contributed by atoms with Gasteiger partial charge in [-0.1, -0.05) is 11.6 Å². The Kier molecular flexibility index (Phi) is 8.16. The van der Waals surface area contributed by atoms with E-state index in [1.807, 2.05) is 35.8 Å². The lowest BCUT2D eigenvalue weighted by Gasteiger charge is -2.22. The summed E-state index contributed by atoms with van der Waals surface area (Å²) in [7, 11) is 5.57. The number of hydrogen-bond donors (Lipinski definition) is 1. The van der Waals surface area contributed by atoms with Crippen molar-refractivity contribution in [2.45, 2.75) is 13.1 Å². The van der Waals surface area contributed by atoms with E-state index in [1.165, 1.54) is 17.1 Å². The second-order valence-electron chi connectivity index (χ2n) is 5.31. The van der Waals surface area contributed by atoms with Crippen molar-refractivity contribution in [3.8, 4) is 0 Å². The average molecular weight is 482 g/mol. The number of aromatic nitrogens is 3. The Balaban J connectivity index is 0.00000312. The molecule has 2 heterocycles. The zero-order chi connectivity index (χ0) is 17.7. The standard InChI is InChI=1S/C14H20ClN7O2.HI/c1-16-14(20(3)9-12-6-11(15)8-19(12)2)17-4-5-21-10-13(7-18-21)22(23)24;/h6-8,10H,4-5,9H2,1-3H3,(H,16,17);1H. The van der Waals surface area contributed by atoms with Crippen LogP contribution in [0.25, 0.3) is 0 Å². The molecule has 0 amide bonds. The third kappa shape index (κ3) is 5.88. The molecule has 0 aliphatic carbocycles. The lowest BCUT2D eigenvalue weighted by Crippen LogP contribution is -2.40. The third-order valence-electron chi connectivity index (χ3n) is 3.50. The van der Waals surface area contributed by atoms with Crippen molar-refractivity contribution >= 4 is 47.2 Å². The van der Waals surface area contributed by atoms with Crippen LogP contribution < -0.4 is 5.32 Å². The highest BCUT2D eigenvalue weighted by Crippen LogP contribution is 2.14. The fourth-order valence-electron chi connectivity index (χ4n) is 2.28. The van der Waals surface area contributed by atoms with Gasteiger partial charge >= 0.3 is 5.69 Å². The quantitative estimate of drug-likeness (QED) is 0.224. The minimum Gasteiger partial charge on any atom is -0.354 e. The number of guanidine groups is 1. The van der Waals surface area contributed by atoms with E-state index < -0.39 is 4.92 Å². The molecule has 2 aromatic rings. The van der Waals surface area contributed by atoms with Gasteiger partial charge in [0.1, 0.15) is 12.4 Å². The Hall–Kier alpha value is -1.82. The molecule has 2 rings (SSSR count). The van der Waals surface area contributed by atoms with E-state index in [1.54, 1.807) is 7.05 Å². The first-order chi connectivity index (χ1) is 11.4. The third-order valence-corrected chi connectivity index (χ3v) is 3.71. The van der Waals surface area contributed by atoms with E-state index in [0.29, 0.717) is 30.6 Å². The number of nitrogens with zero attached hydrogens (tertiary/aromatic N) is 6. The van der Waals surface area contributed by atoms with Gasteiger partial charge in [0.25, 0.3) is 0 Å². The van der Waals surface area contributed by atoms with Crippen LogP contribution in [-0.4, -0.2) is 50.8 Å². The zero-order valence-electron chi connectivity index (χ0n) is 14.2. The van der Waals surface area contributed by atoms with Crippen molar-refractivity contribution in [1.29, 1.82) is 0 Å². The molecule has 2 aromatic heterocycles. The van der Waals surface area contributed by atoms with E-state index in [2.05, 4.69) is 15.4 Å². The van der Waals surface area contributed by atoms with Gasteiger partial charge in [-0.05, 0) is 6.07 Å². The number of aliphatic imine (C=N–C) groups is 1. The highest BCUT2D eigenvalue weighted by molar-refractivity contribution is 14.0. The second kappa shape index (κ2) is 9.61. The van der Waals surface area contributed by atoms with Crippen LogP contribution in [0.3, 0.4) is 0 Å². The summed E-state index contributed by atoms with van der Waals surface area (Å²) in [5, 5.41) is 18.5. The first kappa shape index (κ1) is 21.2. The molecule has 9 nitrogen and oxygen atoms in total. The Morgan fingerprint density at radius 2 is 2.24 bits per heavy atom. The van der Waals surface area contributed by atoms with E-state index in [-0.39, 0.29) is 29.7 Å². The van der Waals surface area contributed by atoms with Gasteiger partial charge in [0.2, 0.25) is 0 Å². The smallest absolute Gasteiger partial charge is 0.306 e. The molecule has 0 unspecified atom stereocenters. The lowest BCUT2D eigenvalue weighted by molar-refractivity contribution is -0.385. The van der Waals surface area contributed by atoms with Crippen LogP contribution in [0.15, 0.2) is 29.6 Å². The summed E-state index contributed by atoms with van der Waals surface area (Å²) in [6.45, 7) is 1.69. The van der Waals surface area contributed by atoms with Gasteiger partial charge in [-0.2, -0.15) is 5.10 Å². The van der Waals surface area contributed by atoms with Crippen LogP contribution in [0.1, 0.15) is 5.69 Å². The molecule has 138 valence electrons. The molecule has 0 atom stereocenters. The molecule has 0 radical (unpaired) electrons. The van der Waals surface area contributed by atoms with Crippen molar-refractivity contribution in [2.75, 3.05) is 20.6 Å². The summed E-state index contributed by atoms with van der Waals surface area (Å²) in [5.41, 5.74) is 1.05. The van der Waals surface area contributed by atoms with E-state index in [4.69, 9.17) is 11.6 Å². The van der Waals surface area contributed by atoms with Crippen molar-refractivity contribution in [2.24, 2.45) is 12.0 Å². The number of aryl methyl sites for hydroxylation is 1. The predicted molar refractivity (Wildman–Crippen MR) is 108 cm³/mol.